The summed E-state index contributed by atoms with van der Waals surface area (Å²) in [6.07, 6.45) is 6.19. The van der Waals surface area contributed by atoms with E-state index in [2.05, 4.69) is 15.2 Å². The number of nitrogens with two attached hydrogens (primary N) is 1. The van der Waals surface area contributed by atoms with Crippen molar-refractivity contribution >= 4 is 23.1 Å². The van der Waals surface area contributed by atoms with Crippen LogP contribution in [0, 0.1) is 17.7 Å². The van der Waals surface area contributed by atoms with Gasteiger partial charge in [0.2, 0.25) is 17.7 Å². The van der Waals surface area contributed by atoms with Gasteiger partial charge in [0.25, 0.3) is 0 Å². The molecule has 13 heteroatoms. The Morgan fingerprint density at radius 2 is 1.92 bits per heavy atom. The zero-order chi connectivity index (χ0) is 27.3. The molecule has 0 atom stereocenters. The molecule has 1 aliphatic carbocycles. The van der Waals surface area contributed by atoms with Crippen LogP contribution in [0.5, 0.6) is 0 Å². The molecule has 1 saturated heterocycles. The van der Waals surface area contributed by atoms with Gasteiger partial charge in [-0.2, -0.15) is 8.78 Å². The van der Waals surface area contributed by atoms with Crippen LogP contribution in [-0.4, -0.2) is 49.4 Å². The lowest BCUT2D eigenvalue weighted by Crippen LogP contribution is -2.58. The molecule has 4 aromatic rings. The minimum absolute atomic E-state index is 0.0521. The van der Waals surface area contributed by atoms with Gasteiger partial charge >= 0.3 is 11.9 Å². The Morgan fingerprint density at radius 1 is 1.13 bits per heavy atom. The van der Waals surface area contributed by atoms with Crippen molar-refractivity contribution < 1.29 is 27.2 Å². The molecule has 1 saturated carbocycles. The summed E-state index contributed by atoms with van der Waals surface area (Å²) < 4.78 is 47.3. The fourth-order valence-electron chi connectivity index (χ4n) is 4.77. The Labute approximate surface area is 220 Å². The molecule has 3 aromatic heterocycles. The van der Waals surface area contributed by atoms with Crippen LogP contribution >= 0.6 is 0 Å². The first-order chi connectivity index (χ1) is 18.7. The lowest BCUT2D eigenvalue weighted by molar-refractivity contribution is -0.147. The highest BCUT2D eigenvalue weighted by atomic mass is 19.3. The topological polar surface area (TPSA) is 123 Å². The number of imidazole rings is 1. The number of likely N-dealkylation sites (tertiary alicyclic amines) is 1. The van der Waals surface area contributed by atoms with Crippen molar-refractivity contribution in [2.45, 2.75) is 31.9 Å². The molecule has 0 bridgehead atoms. The van der Waals surface area contributed by atoms with Crippen molar-refractivity contribution in [1.82, 2.24) is 24.5 Å². The first-order valence-corrected chi connectivity index (χ1v) is 12.5. The number of aromatic nitrogens is 4. The molecule has 2 fully saturated rings. The van der Waals surface area contributed by atoms with E-state index in [1.807, 2.05) is 0 Å². The van der Waals surface area contributed by atoms with Crippen LogP contribution in [0.1, 0.15) is 30.8 Å². The van der Waals surface area contributed by atoms with Gasteiger partial charge in [0, 0.05) is 42.7 Å². The average molecular weight is 540 g/mol. The Hall–Kier alpha value is -4.26. The summed E-state index contributed by atoms with van der Waals surface area (Å²) in [5, 5.41) is 6.92. The number of hydrogen-bond donors (Lipinski definition) is 1. The molecule has 2 aliphatic rings. The first kappa shape index (κ1) is 25.0. The second-order valence-electron chi connectivity index (χ2n) is 9.92. The number of amides is 2. The molecule has 1 aliphatic heterocycles. The summed E-state index contributed by atoms with van der Waals surface area (Å²) in [5.41, 5.74) is 6.40. The van der Waals surface area contributed by atoms with E-state index in [0.29, 0.717) is 35.7 Å². The summed E-state index contributed by atoms with van der Waals surface area (Å²) in [6, 6.07) is 5.14. The van der Waals surface area contributed by atoms with Crippen LogP contribution in [-0.2, 0) is 22.2 Å². The minimum Gasteiger partial charge on any atom is -0.414 e. The molecule has 0 spiro atoms. The predicted octanol–water partition coefficient (Wildman–Crippen LogP) is 3.32. The maximum absolute atomic E-state index is 14.1. The number of hydrogen-bond acceptors (Lipinski definition) is 7. The normalized spacial score (nSPS) is 16.3. The molecule has 10 nitrogen and oxygen atoms in total. The number of carbonyl (C=O) groups excluding carboxylic acids is 2. The molecule has 0 radical (unpaired) electrons. The van der Waals surface area contributed by atoms with Crippen molar-refractivity contribution in [2.24, 2.45) is 17.6 Å². The van der Waals surface area contributed by atoms with Gasteiger partial charge in [0.15, 0.2) is 0 Å². The van der Waals surface area contributed by atoms with Crippen molar-refractivity contribution in [2.75, 3.05) is 18.0 Å². The maximum Gasteiger partial charge on any atom is 0.378 e. The van der Waals surface area contributed by atoms with E-state index >= 15 is 0 Å². The van der Waals surface area contributed by atoms with Crippen LogP contribution in [0.3, 0.4) is 0 Å². The third kappa shape index (κ3) is 4.85. The number of anilines is 1. The van der Waals surface area contributed by atoms with Gasteiger partial charge in [0.05, 0.1) is 18.2 Å². The van der Waals surface area contributed by atoms with Gasteiger partial charge in [0.1, 0.15) is 11.5 Å². The molecule has 0 unspecified atom stereocenters. The van der Waals surface area contributed by atoms with E-state index in [1.165, 1.54) is 23.1 Å². The summed E-state index contributed by atoms with van der Waals surface area (Å²) >= 11 is 0. The van der Waals surface area contributed by atoms with Crippen LogP contribution in [0.2, 0.25) is 0 Å². The van der Waals surface area contributed by atoms with E-state index in [9.17, 15) is 22.8 Å². The van der Waals surface area contributed by atoms with Crippen LogP contribution in [0.15, 0.2) is 53.2 Å². The number of carbonyl (C=O) groups is 2. The molecule has 6 rings (SSSR count). The average Bonchev–Trinajstić information content (AvgIpc) is 3.47. The molecule has 2 amide bonds. The van der Waals surface area contributed by atoms with Crippen molar-refractivity contribution in [1.29, 1.82) is 0 Å². The van der Waals surface area contributed by atoms with Crippen molar-refractivity contribution in [3.63, 3.8) is 0 Å². The maximum atomic E-state index is 14.1. The molecule has 39 heavy (non-hydrogen) atoms. The van der Waals surface area contributed by atoms with Crippen molar-refractivity contribution in [3.8, 4) is 11.5 Å². The zero-order valence-electron chi connectivity index (χ0n) is 20.6. The van der Waals surface area contributed by atoms with E-state index < -0.39 is 23.7 Å². The quantitative estimate of drug-likeness (QED) is 0.358. The van der Waals surface area contributed by atoms with E-state index in [1.54, 1.807) is 39.9 Å². The van der Waals surface area contributed by atoms with Gasteiger partial charge in [-0.25, -0.2) is 9.37 Å². The third-order valence-corrected chi connectivity index (χ3v) is 7.17. The van der Waals surface area contributed by atoms with E-state index in [0.717, 1.165) is 19.3 Å². The summed E-state index contributed by atoms with van der Waals surface area (Å²) in [4.78, 5) is 33.8. The number of alkyl halides is 2. The smallest absolute Gasteiger partial charge is 0.378 e. The molecular formula is C26H24F3N7O3. The summed E-state index contributed by atoms with van der Waals surface area (Å²) in [7, 11) is 0. The van der Waals surface area contributed by atoms with E-state index in [4.69, 9.17) is 10.2 Å². The second-order valence-corrected chi connectivity index (χ2v) is 9.92. The Kier molecular flexibility index (Phi) is 6.09. The SMILES string of the molecule is NC(F)(F)c1nnc(-c2ccn3cc(CN(C(=O)C4CN(C(=O)C5CCC5)C4)c4cccc(F)c4)nc3c2)o1. The van der Waals surface area contributed by atoms with E-state index in [-0.39, 0.29) is 30.2 Å². The Bertz CT molecular complexity index is 1550. The number of fused-ring (bicyclic) bond motifs is 1. The lowest BCUT2D eigenvalue weighted by atomic mass is 9.83. The molecule has 2 N–H and O–H groups in total. The summed E-state index contributed by atoms with van der Waals surface area (Å²) in [5.74, 6) is -2.09. The van der Waals surface area contributed by atoms with Gasteiger partial charge in [-0.3, -0.25) is 15.3 Å². The van der Waals surface area contributed by atoms with Gasteiger partial charge in [-0.05, 0) is 43.2 Å². The standard InChI is InChI=1S/C26H24F3N7O3/c27-18-5-2-6-20(10-18)36(24(38)17-11-35(12-17)23(37)15-3-1-4-15)14-19-13-34-8-7-16(9-21(34)31-19)22-32-33-25(39-22)26(28,29)30/h2,5-10,13,15,17H,1,3-4,11-12,14,30H2. The molecule has 1 aromatic carbocycles. The second kappa shape index (κ2) is 9.49. The largest absolute Gasteiger partial charge is 0.414 e. The highest BCUT2D eigenvalue weighted by molar-refractivity contribution is 5.97. The number of rotatable bonds is 7. The Morgan fingerprint density at radius 3 is 2.59 bits per heavy atom. The highest BCUT2D eigenvalue weighted by Crippen LogP contribution is 2.32. The zero-order valence-corrected chi connectivity index (χ0v) is 20.6. The fraction of sp³-hybridized carbons (Fsp3) is 0.346. The van der Waals surface area contributed by atoms with Gasteiger partial charge < -0.3 is 18.6 Å². The number of halogens is 3. The number of benzene rings is 1. The van der Waals surface area contributed by atoms with Crippen LogP contribution < -0.4 is 10.6 Å². The molecule has 4 heterocycles. The number of nitrogens with zero attached hydrogens (tertiary/aromatic N) is 6. The highest BCUT2D eigenvalue weighted by Gasteiger charge is 2.41. The monoisotopic (exact) mass is 539 g/mol. The lowest BCUT2D eigenvalue weighted by Gasteiger charge is -2.43. The Balaban J connectivity index is 1.23. The van der Waals surface area contributed by atoms with Gasteiger partial charge in [-0.15, -0.1) is 10.2 Å². The third-order valence-electron chi connectivity index (χ3n) is 7.17. The molecular weight excluding hydrogens is 515 g/mol. The fourth-order valence-corrected chi connectivity index (χ4v) is 4.77. The van der Waals surface area contributed by atoms with Crippen LogP contribution in [0.4, 0.5) is 18.9 Å². The number of pyridine rings is 1. The van der Waals surface area contributed by atoms with Crippen LogP contribution in [0.25, 0.3) is 17.1 Å². The summed E-state index contributed by atoms with van der Waals surface area (Å²) in [6.45, 7) is 0.724. The molecule has 202 valence electrons. The first-order valence-electron chi connectivity index (χ1n) is 12.5. The van der Waals surface area contributed by atoms with Gasteiger partial charge in [-0.1, -0.05) is 12.5 Å². The minimum atomic E-state index is -3.76. The predicted molar refractivity (Wildman–Crippen MR) is 132 cm³/mol. The van der Waals surface area contributed by atoms with Crippen molar-refractivity contribution in [3.05, 3.63) is 66.2 Å².